The molecule has 0 aliphatic carbocycles. The van der Waals surface area contributed by atoms with E-state index in [9.17, 15) is 8.42 Å². The van der Waals surface area contributed by atoms with E-state index in [1.807, 2.05) is 47.9 Å². The lowest BCUT2D eigenvalue weighted by Crippen LogP contribution is -2.40. The van der Waals surface area contributed by atoms with Gasteiger partial charge in [-0.15, -0.1) is 10.2 Å². The molecule has 0 atom stereocenters. The molecule has 2 heterocycles. The summed E-state index contributed by atoms with van der Waals surface area (Å²) in [6.07, 6.45) is 0. The van der Waals surface area contributed by atoms with Crippen LogP contribution in [0, 0.1) is 6.92 Å². The quantitative estimate of drug-likeness (QED) is 0.560. The van der Waals surface area contributed by atoms with Gasteiger partial charge in [-0.1, -0.05) is 42.1 Å². The van der Waals surface area contributed by atoms with Crippen molar-refractivity contribution in [3.63, 3.8) is 0 Å². The number of rotatable bonds is 6. The van der Waals surface area contributed by atoms with Crippen LogP contribution in [-0.4, -0.2) is 53.8 Å². The van der Waals surface area contributed by atoms with Crippen molar-refractivity contribution in [3.8, 4) is 5.69 Å². The number of aromatic nitrogens is 3. The molecule has 3 aromatic rings. The highest BCUT2D eigenvalue weighted by Crippen LogP contribution is 2.26. The predicted molar refractivity (Wildman–Crippen MR) is 112 cm³/mol. The van der Waals surface area contributed by atoms with E-state index in [0.717, 1.165) is 22.2 Å². The number of para-hydroxylation sites is 1. The molecule has 4 rings (SSSR count). The molecule has 7 nitrogen and oxygen atoms in total. The molecule has 1 fully saturated rings. The molecule has 0 saturated carbocycles. The maximum atomic E-state index is 12.9. The minimum absolute atomic E-state index is 0.318. The standard InChI is InChI=1S/C20H22N4O3S2/c1-16-21-22-20(24(16)18-7-3-2-4-8-18)28-15-17-6-5-9-19(14-17)29(25,26)23-10-12-27-13-11-23/h2-9,14H,10-13,15H2,1H3. The molecule has 1 aliphatic heterocycles. The first-order valence-corrected chi connectivity index (χ1v) is 11.8. The Bertz CT molecular complexity index is 1080. The van der Waals surface area contributed by atoms with E-state index in [0.29, 0.717) is 37.0 Å². The molecule has 1 aliphatic rings. The van der Waals surface area contributed by atoms with Crippen LogP contribution in [0.25, 0.3) is 5.69 Å². The van der Waals surface area contributed by atoms with Gasteiger partial charge < -0.3 is 4.74 Å². The zero-order chi connectivity index (χ0) is 20.3. The summed E-state index contributed by atoms with van der Waals surface area (Å²) < 4.78 is 34.5. The van der Waals surface area contributed by atoms with E-state index >= 15 is 0 Å². The van der Waals surface area contributed by atoms with Gasteiger partial charge in [0.2, 0.25) is 10.0 Å². The highest BCUT2D eigenvalue weighted by atomic mass is 32.2. The highest BCUT2D eigenvalue weighted by molar-refractivity contribution is 7.98. The fraction of sp³-hybridized carbons (Fsp3) is 0.300. The second-order valence-corrected chi connectivity index (χ2v) is 9.53. The van der Waals surface area contributed by atoms with Crippen LogP contribution in [0.3, 0.4) is 0 Å². The van der Waals surface area contributed by atoms with Crippen LogP contribution >= 0.6 is 11.8 Å². The highest BCUT2D eigenvalue weighted by Gasteiger charge is 2.26. The molecule has 9 heteroatoms. The van der Waals surface area contributed by atoms with Gasteiger partial charge in [-0.2, -0.15) is 4.31 Å². The van der Waals surface area contributed by atoms with Crippen molar-refractivity contribution in [1.29, 1.82) is 0 Å². The summed E-state index contributed by atoms with van der Waals surface area (Å²) in [6.45, 7) is 3.56. The van der Waals surface area contributed by atoms with Gasteiger partial charge in [-0.05, 0) is 36.8 Å². The molecular formula is C20H22N4O3S2. The molecule has 29 heavy (non-hydrogen) atoms. The monoisotopic (exact) mass is 430 g/mol. The van der Waals surface area contributed by atoms with Crippen molar-refractivity contribution < 1.29 is 13.2 Å². The molecule has 2 aromatic carbocycles. The molecule has 0 N–H and O–H groups in total. The van der Waals surface area contributed by atoms with Gasteiger partial charge >= 0.3 is 0 Å². The van der Waals surface area contributed by atoms with Crippen molar-refractivity contribution in [2.75, 3.05) is 26.3 Å². The van der Waals surface area contributed by atoms with E-state index in [1.54, 1.807) is 18.2 Å². The molecule has 1 saturated heterocycles. The number of thioether (sulfide) groups is 1. The first-order chi connectivity index (χ1) is 14.1. The van der Waals surface area contributed by atoms with E-state index in [1.165, 1.54) is 16.1 Å². The summed E-state index contributed by atoms with van der Waals surface area (Å²) in [7, 11) is -3.50. The number of aryl methyl sites for hydroxylation is 1. The zero-order valence-corrected chi connectivity index (χ0v) is 17.7. The Balaban J connectivity index is 1.53. The van der Waals surface area contributed by atoms with Crippen molar-refractivity contribution in [3.05, 3.63) is 66.0 Å². The largest absolute Gasteiger partial charge is 0.379 e. The molecule has 1 aromatic heterocycles. The summed E-state index contributed by atoms with van der Waals surface area (Å²) in [5.74, 6) is 1.40. The number of benzene rings is 2. The van der Waals surface area contributed by atoms with Crippen molar-refractivity contribution in [2.24, 2.45) is 0 Å². The molecule has 0 radical (unpaired) electrons. The fourth-order valence-corrected chi connectivity index (χ4v) is 5.61. The van der Waals surface area contributed by atoms with Gasteiger partial charge in [0, 0.05) is 24.5 Å². The van der Waals surface area contributed by atoms with Crippen molar-refractivity contribution >= 4 is 21.8 Å². The summed E-state index contributed by atoms with van der Waals surface area (Å²) in [4.78, 5) is 0.318. The van der Waals surface area contributed by atoms with Gasteiger partial charge in [0.1, 0.15) is 5.82 Å². The Kier molecular flexibility index (Phi) is 6.00. The number of sulfonamides is 1. The Hall–Kier alpha value is -2.20. The zero-order valence-electron chi connectivity index (χ0n) is 16.1. The van der Waals surface area contributed by atoms with Crippen LogP contribution in [0.4, 0.5) is 0 Å². The van der Waals surface area contributed by atoms with Crippen LogP contribution < -0.4 is 0 Å². The minimum Gasteiger partial charge on any atom is -0.379 e. The number of ether oxygens (including phenoxy) is 1. The maximum absolute atomic E-state index is 12.9. The normalized spacial score (nSPS) is 15.5. The lowest BCUT2D eigenvalue weighted by Gasteiger charge is -2.26. The lowest BCUT2D eigenvalue weighted by atomic mass is 10.2. The average Bonchev–Trinajstić information content (AvgIpc) is 3.14. The van der Waals surface area contributed by atoms with Crippen LogP contribution in [0.15, 0.2) is 64.6 Å². The Labute approximate surface area is 174 Å². The van der Waals surface area contributed by atoms with Crippen LogP contribution in [0.5, 0.6) is 0 Å². The van der Waals surface area contributed by atoms with Gasteiger partial charge in [-0.25, -0.2) is 8.42 Å². The SMILES string of the molecule is Cc1nnc(SCc2cccc(S(=O)(=O)N3CCOCC3)c2)n1-c1ccccc1. The Morgan fingerprint density at radius 3 is 2.55 bits per heavy atom. The van der Waals surface area contributed by atoms with Crippen LogP contribution in [0.2, 0.25) is 0 Å². The molecular weight excluding hydrogens is 408 g/mol. The number of nitrogens with zero attached hydrogens (tertiary/aromatic N) is 4. The number of hydrogen-bond acceptors (Lipinski definition) is 6. The third-order valence-corrected chi connectivity index (χ3v) is 7.58. The van der Waals surface area contributed by atoms with Crippen LogP contribution in [-0.2, 0) is 20.5 Å². The predicted octanol–water partition coefficient (Wildman–Crippen LogP) is 2.89. The molecule has 0 amide bonds. The third kappa shape index (κ3) is 4.37. The van der Waals surface area contributed by atoms with Gasteiger partial charge in [0.05, 0.1) is 18.1 Å². The third-order valence-electron chi connectivity index (χ3n) is 4.68. The smallest absolute Gasteiger partial charge is 0.243 e. The summed E-state index contributed by atoms with van der Waals surface area (Å²) in [6, 6.07) is 17.1. The summed E-state index contributed by atoms with van der Waals surface area (Å²) >= 11 is 1.53. The van der Waals surface area contributed by atoms with Gasteiger partial charge in [-0.3, -0.25) is 4.57 Å². The second kappa shape index (κ2) is 8.66. The maximum Gasteiger partial charge on any atom is 0.243 e. The van der Waals surface area contributed by atoms with Gasteiger partial charge in [0.25, 0.3) is 0 Å². The second-order valence-electron chi connectivity index (χ2n) is 6.65. The van der Waals surface area contributed by atoms with Crippen molar-refractivity contribution in [2.45, 2.75) is 22.7 Å². The van der Waals surface area contributed by atoms with E-state index in [2.05, 4.69) is 10.2 Å². The molecule has 0 bridgehead atoms. The Morgan fingerprint density at radius 1 is 1.03 bits per heavy atom. The molecule has 0 unspecified atom stereocenters. The number of hydrogen-bond donors (Lipinski definition) is 0. The first kappa shape index (κ1) is 20.1. The lowest BCUT2D eigenvalue weighted by molar-refractivity contribution is 0.0730. The Morgan fingerprint density at radius 2 is 1.79 bits per heavy atom. The minimum atomic E-state index is -3.50. The van der Waals surface area contributed by atoms with E-state index in [-0.39, 0.29) is 0 Å². The molecule has 0 spiro atoms. The van der Waals surface area contributed by atoms with E-state index in [4.69, 9.17) is 4.74 Å². The summed E-state index contributed by atoms with van der Waals surface area (Å²) in [5.41, 5.74) is 1.92. The average molecular weight is 431 g/mol. The van der Waals surface area contributed by atoms with E-state index < -0.39 is 10.0 Å². The number of morpholine rings is 1. The topological polar surface area (TPSA) is 77.3 Å². The van der Waals surface area contributed by atoms with Gasteiger partial charge in [0.15, 0.2) is 5.16 Å². The molecule has 152 valence electrons. The van der Waals surface area contributed by atoms with Crippen LogP contribution in [0.1, 0.15) is 11.4 Å². The first-order valence-electron chi connectivity index (χ1n) is 9.33. The van der Waals surface area contributed by atoms with Crippen molar-refractivity contribution in [1.82, 2.24) is 19.1 Å². The summed E-state index contributed by atoms with van der Waals surface area (Å²) in [5, 5.41) is 9.26. The fourth-order valence-electron chi connectivity index (χ4n) is 3.19.